The summed E-state index contributed by atoms with van der Waals surface area (Å²) in [5.74, 6) is 0.799. The Labute approximate surface area is 95.7 Å². The quantitative estimate of drug-likeness (QED) is 0.810. The van der Waals surface area contributed by atoms with E-state index in [0.29, 0.717) is 19.6 Å². The molecular formula is C12H18N2O2. The summed E-state index contributed by atoms with van der Waals surface area (Å²) in [6, 6.07) is 5.79. The normalized spacial score (nSPS) is 29.3. The lowest BCUT2D eigenvalue weighted by Crippen LogP contribution is -2.43. The summed E-state index contributed by atoms with van der Waals surface area (Å²) < 4.78 is 5.37. The highest BCUT2D eigenvalue weighted by molar-refractivity contribution is 5.35. The van der Waals surface area contributed by atoms with Gasteiger partial charge < -0.3 is 15.2 Å². The van der Waals surface area contributed by atoms with Crippen LogP contribution < -0.4 is 5.32 Å². The smallest absolute Gasteiger partial charge is 0.126 e. The predicted octanol–water partition coefficient (Wildman–Crippen LogP) is 1.34. The van der Waals surface area contributed by atoms with Gasteiger partial charge in [0.15, 0.2) is 0 Å². The van der Waals surface area contributed by atoms with Crippen LogP contribution >= 0.6 is 0 Å². The molecule has 2 heterocycles. The average Bonchev–Trinajstić information content (AvgIpc) is 2.58. The zero-order valence-corrected chi connectivity index (χ0v) is 9.73. The van der Waals surface area contributed by atoms with Gasteiger partial charge in [0.1, 0.15) is 11.4 Å². The molecule has 0 spiro atoms. The maximum atomic E-state index is 10.3. The minimum Gasteiger partial charge on any atom is -0.385 e. The number of anilines is 1. The van der Waals surface area contributed by atoms with E-state index in [9.17, 15) is 5.11 Å². The van der Waals surface area contributed by atoms with Gasteiger partial charge in [0.25, 0.3) is 0 Å². The first kappa shape index (κ1) is 11.4. The number of pyridine rings is 1. The van der Waals surface area contributed by atoms with E-state index in [1.54, 1.807) is 0 Å². The summed E-state index contributed by atoms with van der Waals surface area (Å²) in [6.45, 7) is 4.95. The fourth-order valence-corrected chi connectivity index (χ4v) is 1.89. The zero-order valence-electron chi connectivity index (χ0n) is 9.73. The number of aryl methyl sites for hydroxylation is 1. The van der Waals surface area contributed by atoms with E-state index in [4.69, 9.17) is 4.74 Å². The van der Waals surface area contributed by atoms with Crippen LogP contribution in [0.3, 0.4) is 0 Å². The number of nitrogens with one attached hydrogen (secondary N) is 1. The maximum absolute atomic E-state index is 10.3. The van der Waals surface area contributed by atoms with Crippen molar-refractivity contribution in [1.82, 2.24) is 4.98 Å². The van der Waals surface area contributed by atoms with Crippen molar-refractivity contribution in [2.24, 2.45) is 0 Å². The molecule has 1 aliphatic rings. The van der Waals surface area contributed by atoms with Crippen molar-refractivity contribution in [1.29, 1.82) is 0 Å². The van der Waals surface area contributed by atoms with Crippen LogP contribution in [0.25, 0.3) is 0 Å². The highest BCUT2D eigenvalue weighted by Crippen LogP contribution is 2.25. The van der Waals surface area contributed by atoms with Crippen LogP contribution in [0.1, 0.15) is 19.0 Å². The molecule has 0 bridgehead atoms. The second-order valence-electron chi connectivity index (χ2n) is 4.38. The Morgan fingerprint density at radius 2 is 2.44 bits per heavy atom. The summed E-state index contributed by atoms with van der Waals surface area (Å²) in [5, 5.41) is 13.4. The highest BCUT2D eigenvalue weighted by Gasteiger charge is 2.39. The summed E-state index contributed by atoms with van der Waals surface area (Å²) in [7, 11) is 0. The van der Waals surface area contributed by atoms with Gasteiger partial charge in [-0.15, -0.1) is 0 Å². The molecular weight excluding hydrogens is 204 g/mol. The lowest BCUT2D eigenvalue weighted by atomic mass is 9.97. The lowest BCUT2D eigenvalue weighted by molar-refractivity contribution is -0.0176. The van der Waals surface area contributed by atoms with E-state index < -0.39 is 5.60 Å². The Balaban J connectivity index is 1.97. The molecule has 2 unspecified atom stereocenters. The van der Waals surface area contributed by atoms with Gasteiger partial charge in [0.05, 0.1) is 6.10 Å². The third kappa shape index (κ3) is 2.33. The van der Waals surface area contributed by atoms with Crippen molar-refractivity contribution in [2.75, 3.05) is 18.5 Å². The first-order chi connectivity index (χ1) is 7.60. The molecule has 2 N–H and O–H groups in total. The first-order valence-corrected chi connectivity index (χ1v) is 5.62. The van der Waals surface area contributed by atoms with Crippen molar-refractivity contribution in [3.63, 3.8) is 0 Å². The van der Waals surface area contributed by atoms with Crippen LogP contribution in [-0.4, -0.2) is 34.9 Å². The summed E-state index contributed by atoms with van der Waals surface area (Å²) in [4.78, 5) is 4.33. The Morgan fingerprint density at radius 3 is 3.06 bits per heavy atom. The number of ether oxygens (including phenoxy) is 1. The van der Waals surface area contributed by atoms with E-state index in [-0.39, 0.29) is 6.10 Å². The molecule has 1 fully saturated rings. The topological polar surface area (TPSA) is 54.4 Å². The minimum absolute atomic E-state index is 0.121. The maximum Gasteiger partial charge on any atom is 0.126 e. The molecule has 4 heteroatoms. The first-order valence-electron chi connectivity index (χ1n) is 5.62. The molecule has 0 aromatic carbocycles. The molecule has 1 aromatic rings. The van der Waals surface area contributed by atoms with E-state index in [1.165, 1.54) is 0 Å². The van der Waals surface area contributed by atoms with Crippen LogP contribution in [0.15, 0.2) is 18.2 Å². The lowest BCUT2D eigenvalue weighted by Gasteiger charge is -2.26. The van der Waals surface area contributed by atoms with Gasteiger partial charge in [-0.25, -0.2) is 4.98 Å². The summed E-state index contributed by atoms with van der Waals surface area (Å²) in [5.41, 5.74) is 0.193. The van der Waals surface area contributed by atoms with Crippen molar-refractivity contribution in [3.05, 3.63) is 23.9 Å². The van der Waals surface area contributed by atoms with Crippen molar-refractivity contribution >= 4 is 5.82 Å². The SMILES string of the molecule is Cc1cccc(NCC2(O)CCOC2C)n1. The Morgan fingerprint density at radius 1 is 1.62 bits per heavy atom. The number of nitrogens with zero attached hydrogens (tertiary/aromatic N) is 1. The van der Waals surface area contributed by atoms with E-state index in [2.05, 4.69) is 10.3 Å². The van der Waals surface area contributed by atoms with Crippen LogP contribution in [0, 0.1) is 6.92 Å². The molecule has 0 amide bonds. The standard InChI is InChI=1S/C12H18N2O2/c1-9-4-3-5-11(14-9)13-8-12(15)6-7-16-10(12)2/h3-5,10,15H,6-8H2,1-2H3,(H,13,14). The van der Waals surface area contributed by atoms with E-state index in [1.807, 2.05) is 32.0 Å². The molecule has 4 nitrogen and oxygen atoms in total. The zero-order chi connectivity index (χ0) is 11.6. The molecule has 88 valence electrons. The van der Waals surface area contributed by atoms with E-state index in [0.717, 1.165) is 11.5 Å². The van der Waals surface area contributed by atoms with Gasteiger partial charge in [0, 0.05) is 25.3 Å². The third-order valence-electron chi connectivity index (χ3n) is 3.12. The van der Waals surface area contributed by atoms with Gasteiger partial charge in [0.2, 0.25) is 0 Å². The average molecular weight is 222 g/mol. The Bertz CT molecular complexity index is 370. The monoisotopic (exact) mass is 222 g/mol. The molecule has 0 aliphatic carbocycles. The van der Waals surface area contributed by atoms with Crippen molar-refractivity contribution in [3.8, 4) is 0 Å². The molecule has 0 saturated carbocycles. The van der Waals surface area contributed by atoms with Crippen molar-refractivity contribution in [2.45, 2.75) is 32.0 Å². The van der Waals surface area contributed by atoms with Crippen molar-refractivity contribution < 1.29 is 9.84 Å². The molecule has 0 radical (unpaired) electrons. The molecule has 16 heavy (non-hydrogen) atoms. The second-order valence-corrected chi connectivity index (χ2v) is 4.38. The fourth-order valence-electron chi connectivity index (χ4n) is 1.89. The Kier molecular flexibility index (Phi) is 3.12. The molecule has 1 aromatic heterocycles. The molecule has 1 saturated heterocycles. The van der Waals surface area contributed by atoms with Crippen LogP contribution in [0.4, 0.5) is 5.82 Å². The summed E-state index contributed by atoms with van der Waals surface area (Å²) in [6.07, 6.45) is 0.553. The number of rotatable bonds is 3. The van der Waals surface area contributed by atoms with Gasteiger partial charge >= 0.3 is 0 Å². The van der Waals surface area contributed by atoms with Gasteiger partial charge in [-0.2, -0.15) is 0 Å². The molecule has 1 aliphatic heterocycles. The summed E-state index contributed by atoms with van der Waals surface area (Å²) >= 11 is 0. The largest absolute Gasteiger partial charge is 0.385 e. The van der Waals surface area contributed by atoms with Gasteiger partial charge in [-0.1, -0.05) is 6.07 Å². The molecule has 2 rings (SSSR count). The third-order valence-corrected chi connectivity index (χ3v) is 3.12. The Hall–Kier alpha value is -1.13. The van der Waals surface area contributed by atoms with Crippen LogP contribution in [0.5, 0.6) is 0 Å². The molecule has 2 atom stereocenters. The number of hydrogen-bond donors (Lipinski definition) is 2. The minimum atomic E-state index is -0.772. The number of aromatic nitrogens is 1. The number of aliphatic hydroxyl groups is 1. The highest BCUT2D eigenvalue weighted by atomic mass is 16.5. The predicted molar refractivity (Wildman–Crippen MR) is 62.4 cm³/mol. The fraction of sp³-hybridized carbons (Fsp3) is 0.583. The number of hydrogen-bond acceptors (Lipinski definition) is 4. The van der Waals surface area contributed by atoms with Gasteiger partial charge in [-0.3, -0.25) is 0 Å². The van der Waals surface area contributed by atoms with Gasteiger partial charge in [-0.05, 0) is 26.0 Å². The van der Waals surface area contributed by atoms with Crippen LogP contribution in [-0.2, 0) is 4.74 Å². The second kappa shape index (κ2) is 4.39. The van der Waals surface area contributed by atoms with Crippen LogP contribution in [0.2, 0.25) is 0 Å². The van der Waals surface area contributed by atoms with E-state index >= 15 is 0 Å².